The molecule has 3 nitrogen and oxygen atoms in total. The molecule has 88 valence electrons. The van der Waals surface area contributed by atoms with E-state index in [9.17, 15) is 0 Å². The lowest BCUT2D eigenvalue weighted by molar-refractivity contribution is 0.290. The summed E-state index contributed by atoms with van der Waals surface area (Å²) in [6, 6.07) is 11.6. The van der Waals surface area contributed by atoms with Crippen LogP contribution >= 0.6 is 0 Å². The van der Waals surface area contributed by atoms with Crippen LogP contribution in [0.25, 0.3) is 0 Å². The molecule has 3 heteroatoms. The van der Waals surface area contributed by atoms with Crippen LogP contribution in [0.2, 0.25) is 0 Å². The molecule has 0 aliphatic heterocycles. The Balaban J connectivity index is 1.92. The van der Waals surface area contributed by atoms with Crippen LogP contribution in [0.3, 0.4) is 0 Å². The summed E-state index contributed by atoms with van der Waals surface area (Å²) in [6.07, 6.45) is 3.50. The Morgan fingerprint density at radius 1 is 1.24 bits per heavy atom. The van der Waals surface area contributed by atoms with Crippen LogP contribution < -0.4 is 10.5 Å². The molecule has 0 aliphatic carbocycles. The predicted octanol–water partition coefficient (Wildman–Crippen LogP) is 2.47. The van der Waals surface area contributed by atoms with Crippen molar-refractivity contribution in [2.75, 3.05) is 6.61 Å². The smallest absolute Gasteiger partial charge is 0.119 e. The molecule has 1 heterocycles. The normalized spacial score (nSPS) is 12.1. The third kappa shape index (κ3) is 3.29. The van der Waals surface area contributed by atoms with E-state index in [1.54, 1.807) is 12.4 Å². The minimum absolute atomic E-state index is 0.148. The van der Waals surface area contributed by atoms with E-state index < -0.39 is 0 Å². The van der Waals surface area contributed by atoms with Gasteiger partial charge in [0.2, 0.25) is 0 Å². The fraction of sp³-hybridized carbons (Fsp3) is 0.214. The zero-order valence-electron chi connectivity index (χ0n) is 9.84. The van der Waals surface area contributed by atoms with Crippen LogP contribution in [0.15, 0.2) is 48.8 Å². The maximum absolute atomic E-state index is 6.01. The van der Waals surface area contributed by atoms with Crippen molar-refractivity contribution >= 4 is 0 Å². The molecule has 2 N–H and O–H groups in total. The monoisotopic (exact) mass is 228 g/mol. The highest BCUT2D eigenvalue weighted by molar-refractivity contribution is 5.26. The third-order valence-corrected chi connectivity index (χ3v) is 2.56. The average molecular weight is 228 g/mol. The zero-order chi connectivity index (χ0) is 12.1. The Kier molecular flexibility index (Phi) is 3.73. The molecule has 1 atom stereocenters. The number of hydrogen-bond donors (Lipinski definition) is 1. The fourth-order valence-corrected chi connectivity index (χ4v) is 1.51. The van der Waals surface area contributed by atoms with E-state index in [2.05, 4.69) is 4.98 Å². The van der Waals surface area contributed by atoms with Gasteiger partial charge in [0.15, 0.2) is 0 Å². The maximum Gasteiger partial charge on any atom is 0.119 e. The first kappa shape index (κ1) is 11.6. The lowest BCUT2D eigenvalue weighted by Gasteiger charge is -2.13. The van der Waals surface area contributed by atoms with E-state index in [1.807, 2.05) is 43.3 Å². The molecule has 1 aromatic carbocycles. The molecule has 1 unspecified atom stereocenters. The van der Waals surface area contributed by atoms with Crippen molar-refractivity contribution < 1.29 is 4.74 Å². The Bertz CT molecular complexity index is 453. The van der Waals surface area contributed by atoms with E-state index in [0.717, 1.165) is 11.3 Å². The van der Waals surface area contributed by atoms with Crippen molar-refractivity contribution in [1.82, 2.24) is 4.98 Å². The fourth-order valence-electron chi connectivity index (χ4n) is 1.51. The molecule has 0 fully saturated rings. The molecule has 0 amide bonds. The van der Waals surface area contributed by atoms with Crippen LogP contribution in [0.4, 0.5) is 0 Å². The van der Waals surface area contributed by atoms with E-state index in [-0.39, 0.29) is 6.04 Å². The van der Waals surface area contributed by atoms with Gasteiger partial charge in [-0.25, -0.2) is 0 Å². The Morgan fingerprint density at radius 2 is 2.00 bits per heavy atom. The quantitative estimate of drug-likeness (QED) is 0.874. The van der Waals surface area contributed by atoms with E-state index in [1.165, 1.54) is 5.56 Å². The number of rotatable bonds is 4. The summed E-state index contributed by atoms with van der Waals surface area (Å²) in [4.78, 5) is 4.04. The number of nitrogens with two attached hydrogens (primary N) is 1. The first-order chi connectivity index (χ1) is 8.25. The second kappa shape index (κ2) is 5.46. The second-order valence-electron chi connectivity index (χ2n) is 4.02. The zero-order valence-corrected chi connectivity index (χ0v) is 9.84. The second-order valence-corrected chi connectivity index (χ2v) is 4.02. The topological polar surface area (TPSA) is 48.1 Å². The lowest BCUT2D eigenvalue weighted by Crippen LogP contribution is -2.19. The van der Waals surface area contributed by atoms with Gasteiger partial charge in [-0.15, -0.1) is 0 Å². The van der Waals surface area contributed by atoms with Crippen molar-refractivity contribution in [2.24, 2.45) is 5.73 Å². The van der Waals surface area contributed by atoms with Crippen LogP contribution in [-0.4, -0.2) is 11.6 Å². The first-order valence-electron chi connectivity index (χ1n) is 5.60. The van der Waals surface area contributed by atoms with Crippen molar-refractivity contribution in [3.63, 3.8) is 0 Å². The highest BCUT2D eigenvalue weighted by Gasteiger charge is 2.06. The summed E-state index contributed by atoms with van der Waals surface area (Å²) in [5.74, 6) is 0.843. The summed E-state index contributed by atoms with van der Waals surface area (Å²) in [5.41, 5.74) is 8.21. The maximum atomic E-state index is 6.01. The third-order valence-electron chi connectivity index (χ3n) is 2.56. The summed E-state index contributed by atoms with van der Waals surface area (Å²) in [5, 5.41) is 0. The predicted molar refractivity (Wildman–Crippen MR) is 67.8 cm³/mol. The van der Waals surface area contributed by atoms with E-state index in [0.29, 0.717) is 6.61 Å². The summed E-state index contributed by atoms with van der Waals surface area (Å²) in [7, 11) is 0. The van der Waals surface area contributed by atoms with Crippen molar-refractivity contribution in [1.29, 1.82) is 0 Å². The van der Waals surface area contributed by atoms with Gasteiger partial charge in [-0.2, -0.15) is 0 Å². The van der Waals surface area contributed by atoms with Gasteiger partial charge in [-0.05, 0) is 30.7 Å². The number of aryl methyl sites for hydroxylation is 1. The van der Waals surface area contributed by atoms with Crippen molar-refractivity contribution in [3.05, 3.63) is 59.9 Å². The van der Waals surface area contributed by atoms with Gasteiger partial charge in [-0.3, -0.25) is 4.98 Å². The number of nitrogens with zero attached hydrogens (tertiary/aromatic N) is 1. The van der Waals surface area contributed by atoms with Gasteiger partial charge >= 0.3 is 0 Å². The molecule has 0 saturated heterocycles. The number of hydrogen-bond acceptors (Lipinski definition) is 3. The van der Waals surface area contributed by atoms with Gasteiger partial charge < -0.3 is 10.5 Å². The molecular formula is C14H16N2O. The van der Waals surface area contributed by atoms with Crippen LogP contribution in [-0.2, 0) is 0 Å². The Labute approximate surface area is 101 Å². The first-order valence-corrected chi connectivity index (χ1v) is 5.60. The Morgan fingerprint density at radius 3 is 2.65 bits per heavy atom. The number of pyridine rings is 1. The van der Waals surface area contributed by atoms with Gasteiger partial charge in [0.05, 0.1) is 6.04 Å². The molecule has 0 saturated carbocycles. The average Bonchev–Trinajstić information content (AvgIpc) is 2.39. The largest absolute Gasteiger partial charge is 0.492 e. The molecule has 0 radical (unpaired) electrons. The molecule has 0 aliphatic rings. The number of aromatic nitrogens is 1. The van der Waals surface area contributed by atoms with Gasteiger partial charge in [0.25, 0.3) is 0 Å². The van der Waals surface area contributed by atoms with Gasteiger partial charge in [0, 0.05) is 12.4 Å². The summed E-state index contributed by atoms with van der Waals surface area (Å²) < 4.78 is 5.62. The SMILES string of the molecule is Cc1ccc(OCC(N)c2cccnc2)cc1. The highest BCUT2D eigenvalue weighted by atomic mass is 16.5. The minimum Gasteiger partial charge on any atom is -0.492 e. The molecule has 17 heavy (non-hydrogen) atoms. The molecule has 2 rings (SSSR count). The van der Waals surface area contributed by atoms with Gasteiger partial charge in [-0.1, -0.05) is 23.8 Å². The van der Waals surface area contributed by atoms with E-state index in [4.69, 9.17) is 10.5 Å². The van der Waals surface area contributed by atoms with Crippen molar-refractivity contribution in [3.8, 4) is 5.75 Å². The van der Waals surface area contributed by atoms with Gasteiger partial charge in [0.1, 0.15) is 12.4 Å². The van der Waals surface area contributed by atoms with Crippen LogP contribution in [0.5, 0.6) is 5.75 Å². The molecule has 0 bridgehead atoms. The number of benzene rings is 1. The Hall–Kier alpha value is -1.87. The molecule has 2 aromatic rings. The molecular weight excluding hydrogens is 212 g/mol. The van der Waals surface area contributed by atoms with Crippen LogP contribution in [0.1, 0.15) is 17.2 Å². The van der Waals surface area contributed by atoms with Crippen LogP contribution in [0, 0.1) is 6.92 Å². The standard InChI is InChI=1S/C14H16N2O/c1-11-4-6-13(7-5-11)17-10-14(15)12-3-2-8-16-9-12/h2-9,14H,10,15H2,1H3. The summed E-state index contributed by atoms with van der Waals surface area (Å²) >= 11 is 0. The molecule has 0 spiro atoms. The highest BCUT2D eigenvalue weighted by Crippen LogP contribution is 2.14. The van der Waals surface area contributed by atoms with E-state index >= 15 is 0 Å². The number of ether oxygens (including phenoxy) is 1. The lowest BCUT2D eigenvalue weighted by atomic mass is 10.1. The molecule has 1 aromatic heterocycles. The minimum atomic E-state index is -0.148. The summed E-state index contributed by atoms with van der Waals surface area (Å²) in [6.45, 7) is 2.50. The van der Waals surface area contributed by atoms with Crippen molar-refractivity contribution in [2.45, 2.75) is 13.0 Å².